The Bertz CT molecular complexity index is 2130. The van der Waals surface area contributed by atoms with Crippen LogP contribution < -0.4 is 25.4 Å². The van der Waals surface area contributed by atoms with Gasteiger partial charge < -0.3 is 30.0 Å². The number of hydrogen-bond donors (Lipinski definition) is 5. The number of para-hydroxylation sites is 2. The van der Waals surface area contributed by atoms with E-state index in [1.807, 2.05) is 41.8 Å². The Labute approximate surface area is 306 Å². The van der Waals surface area contributed by atoms with Crippen molar-refractivity contribution in [3.63, 3.8) is 0 Å². The van der Waals surface area contributed by atoms with E-state index in [9.17, 15) is 19.2 Å². The topological polar surface area (TPSA) is 222 Å². The van der Waals surface area contributed by atoms with Crippen LogP contribution in [-0.2, 0) is 14.4 Å². The predicted molar refractivity (Wildman–Crippen MR) is 193 cm³/mol. The smallest absolute Gasteiger partial charge is 0.414 e. The number of aromatic nitrogens is 7. The van der Waals surface area contributed by atoms with Crippen LogP contribution in [0.4, 0.5) is 10.7 Å². The van der Waals surface area contributed by atoms with Crippen molar-refractivity contribution >= 4 is 52.1 Å². The molecule has 0 unspecified atom stereocenters. The van der Waals surface area contributed by atoms with Crippen LogP contribution in [0, 0.1) is 11.3 Å². The number of carbonyl (C=O) groups is 4. The lowest BCUT2D eigenvalue weighted by molar-refractivity contribution is -0.142. The number of benzene rings is 1. The number of likely N-dealkylation sites (tertiary alicyclic amines) is 1. The van der Waals surface area contributed by atoms with Crippen molar-refractivity contribution in [1.29, 1.82) is 0 Å². The highest BCUT2D eigenvalue weighted by Crippen LogP contribution is 2.45. The number of thiophene rings is 1. The van der Waals surface area contributed by atoms with E-state index >= 15 is 0 Å². The van der Waals surface area contributed by atoms with E-state index in [2.05, 4.69) is 48.1 Å². The molecule has 2 fully saturated rings. The normalized spacial score (nSPS) is 21.4. The average Bonchev–Trinajstić information content (AvgIpc) is 3.80. The van der Waals surface area contributed by atoms with E-state index < -0.39 is 58.9 Å². The number of ether oxygens (including phenoxy) is 2. The van der Waals surface area contributed by atoms with Crippen LogP contribution in [0.1, 0.15) is 33.6 Å². The standard InChI is InChI=1S/C35H37N11O6S/c1-5-19-17-35(19,31(49)40-32-42-44-45-43-32)41-28(47)23-16-20(51-29-26(24-12-9-15-53-24)37-21-10-6-7-11-22(21)38-29)18-46(23)30(48)27(34(2,3)4)39-33(50)52-25-13-8-14-36-25/h5-15,19-20,23,27,36H,1,16-18H2,2-4H3,(H,39,50)(H,41,47)(H2,40,42,43,44,45,49)/t19-,20-,23+,27-,35-/m1/s1. The van der Waals surface area contributed by atoms with Gasteiger partial charge in [-0.1, -0.05) is 50.1 Å². The van der Waals surface area contributed by atoms with Gasteiger partial charge in [-0.2, -0.15) is 5.21 Å². The number of anilines is 1. The second-order valence-electron chi connectivity index (χ2n) is 13.9. The Kier molecular flexibility index (Phi) is 9.37. The molecule has 1 aromatic carbocycles. The molecule has 53 heavy (non-hydrogen) atoms. The largest absolute Gasteiger partial charge is 0.471 e. The van der Waals surface area contributed by atoms with Crippen LogP contribution >= 0.6 is 11.3 Å². The zero-order valence-electron chi connectivity index (χ0n) is 29.0. The zero-order valence-corrected chi connectivity index (χ0v) is 29.8. The third kappa shape index (κ3) is 7.30. The SMILES string of the molecule is C=C[C@@H]1C[C@]1(NC(=O)[C@@H]1C[C@@H](Oc2nc3ccccc3nc2-c2cccs2)CN1C(=O)[C@@H](NC(=O)Oc1ccc[nH]1)C(C)(C)C)C(=O)Nc1nn[nH]n1. The Morgan fingerprint density at radius 3 is 2.53 bits per heavy atom. The Hall–Kier alpha value is -6.17. The maximum absolute atomic E-state index is 14.6. The van der Waals surface area contributed by atoms with Crippen molar-refractivity contribution < 1.29 is 28.7 Å². The molecule has 1 saturated carbocycles. The van der Waals surface area contributed by atoms with Crippen molar-refractivity contribution in [1.82, 2.24) is 51.1 Å². The molecule has 0 radical (unpaired) electrons. The molecule has 2 aliphatic rings. The van der Waals surface area contributed by atoms with Gasteiger partial charge in [-0.15, -0.1) is 23.0 Å². The maximum Gasteiger partial charge on any atom is 0.414 e. The molecule has 5 N–H and O–H groups in total. The average molecular weight is 740 g/mol. The highest BCUT2D eigenvalue weighted by Gasteiger charge is 2.61. The summed E-state index contributed by atoms with van der Waals surface area (Å²) in [6.07, 6.45) is 1.90. The van der Waals surface area contributed by atoms with Gasteiger partial charge in [0.15, 0.2) is 0 Å². The first-order valence-corrected chi connectivity index (χ1v) is 17.7. The van der Waals surface area contributed by atoms with Crippen LogP contribution in [0.15, 0.2) is 72.8 Å². The molecular formula is C35H37N11O6S. The molecule has 7 rings (SSSR count). The van der Waals surface area contributed by atoms with Gasteiger partial charge in [-0.3, -0.25) is 19.7 Å². The lowest BCUT2D eigenvalue weighted by atomic mass is 9.85. The quantitative estimate of drug-likeness (QED) is 0.123. The van der Waals surface area contributed by atoms with Crippen LogP contribution in [-0.4, -0.2) is 94.6 Å². The van der Waals surface area contributed by atoms with E-state index in [4.69, 9.17) is 19.4 Å². The zero-order chi connectivity index (χ0) is 37.3. The summed E-state index contributed by atoms with van der Waals surface area (Å²) in [5.41, 5.74) is -0.378. The van der Waals surface area contributed by atoms with Crippen LogP contribution in [0.25, 0.3) is 21.6 Å². The van der Waals surface area contributed by atoms with Crippen molar-refractivity contribution in [2.24, 2.45) is 11.3 Å². The summed E-state index contributed by atoms with van der Waals surface area (Å²) in [5, 5.41) is 23.4. The van der Waals surface area contributed by atoms with Gasteiger partial charge in [-0.05, 0) is 46.7 Å². The molecule has 274 valence electrons. The van der Waals surface area contributed by atoms with Crippen molar-refractivity contribution in [3.8, 4) is 22.3 Å². The fourth-order valence-corrected chi connectivity index (χ4v) is 7.08. The second kappa shape index (κ2) is 14.1. The highest BCUT2D eigenvalue weighted by atomic mass is 32.1. The van der Waals surface area contributed by atoms with E-state index in [1.54, 1.807) is 45.2 Å². The first kappa shape index (κ1) is 35.2. The predicted octanol–water partition coefficient (Wildman–Crippen LogP) is 3.45. The number of fused-ring (bicyclic) bond motifs is 1. The Morgan fingerprint density at radius 1 is 1.09 bits per heavy atom. The number of carbonyl (C=O) groups excluding carboxylic acids is 4. The monoisotopic (exact) mass is 739 g/mol. The fraction of sp³-hybridized carbons (Fsp3) is 0.343. The minimum Gasteiger partial charge on any atom is -0.471 e. The molecule has 4 aromatic heterocycles. The molecule has 1 aliphatic heterocycles. The second-order valence-corrected chi connectivity index (χ2v) is 14.8. The third-order valence-corrected chi connectivity index (χ3v) is 10.1. The van der Waals surface area contributed by atoms with E-state index in [1.165, 1.54) is 16.2 Å². The third-order valence-electron chi connectivity index (χ3n) is 9.19. The lowest BCUT2D eigenvalue weighted by Crippen LogP contribution is -2.59. The van der Waals surface area contributed by atoms with Crippen LogP contribution in [0.2, 0.25) is 0 Å². The summed E-state index contributed by atoms with van der Waals surface area (Å²) in [5.74, 6) is -1.73. The summed E-state index contributed by atoms with van der Waals surface area (Å²) < 4.78 is 11.9. The molecule has 0 spiro atoms. The Morgan fingerprint density at radius 2 is 1.89 bits per heavy atom. The van der Waals surface area contributed by atoms with Crippen molar-refractivity contribution in [2.45, 2.75) is 57.3 Å². The highest BCUT2D eigenvalue weighted by molar-refractivity contribution is 7.13. The molecule has 17 nitrogen and oxygen atoms in total. The maximum atomic E-state index is 14.6. The van der Waals surface area contributed by atoms with E-state index in [0.717, 1.165) is 4.88 Å². The number of H-pyrrole nitrogens is 2. The van der Waals surface area contributed by atoms with Gasteiger partial charge in [0.2, 0.25) is 23.6 Å². The molecule has 4 amide bonds. The van der Waals surface area contributed by atoms with Gasteiger partial charge in [0.1, 0.15) is 29.4 Å². The number of rotatable bonds is 11. The summed E-state index contributed by atoms with van der Waals surface area (Å²) in [4.78, 5) is 70.1. The number of hydrogen-bond acceptors (Lipinski definition) is 12. The first-order valence-electron chi connectivity index (χ1n) is 16.8. The molecule has 18 heteroatoms. The summed E-state index contributed by atoms with van der Waals surface area (Å²) in [7, 11) is 0. The molecule has 0 bridgehead atoms. The van der Waals surface area contributed by atoms with E-state index in [-0.39, 0.29) is 37.1 Å². The molecular weight excluding hydrogens is 703 g/mol. The minimum absolute atomic E-state index is 0.0395. The summed E-state index contributed by atoms with van der Waals surface area (Å²) in [6.45, 7) is 9.16. The van der Waals surface area contributed by atoms with Gasteiger partial charge in [0, 0.05) is 24.6 Å². The molecule has 1 aliphatic carbocycles. The first-order chi connectivity index (χ1) is 25.4. The van der Waals surface area contributed by atoms with E-state index in [0.29, 0.717) is 16.7 Å². The van der Waals surface area contributed by atoms with Crippen LogP contribution in [0.5, 0.6) is 11.8 Å². The summed E-state index contributed by atoms with van der Waals surface area (Å²) >= 11 is 1.47. The number of nitrogens with zero attached hydrogens (tertiary/aromatic N) is 6. The van der Waals surface area contributed by atoms with Gasteiger partial charge >= 0.3 is 6.09 Å². The lowest BCUT2D eigenvalue weighted by Gasteiger charge is -2.35. The van der Waals surface area contributed by atoms with Crippen LogP contribution in [0.3, 0.4) is 0 Å². The summed E-state index contributed by atoms with van der Waals surface area (Å²) in [6, 6.07) is 12.2. The number of amides is 4. The fourth-order valence-electron chi connectivity index (χ4n) is 6.38. The number of tetrazole rings is 1. The Balaban J connectivity index is 1.19. The molecule has 5 atom stereocenters. The van der Waals surface area contributed by atoms with Crippen molar-refractivity contribution in [3.05, 3.63) is 72.8 Å². The minimum atomic E-state index is -1.37. The van der Waals surface area contributed by atoms with Gasteiger partial charge in [0.05, 0.1) is 22.5 Å². The molecule has 1 saturated heterocycles. The molecule has 5 heterocycles. The van der Waals surface area contributed by atoms with Gasteiger partial charge in [0.25, 0.3) is 11.9 Å². The van der Waals surface area contributed by atoms with Crippen molar-refractivity contribution in [2.75, 3.05) is 11.9 Å². The number of nitrogens with one attached hydrogen (secondary N) is 5. The number of aromatic amines is 2. The van der Waals surface area contributed by atoms with Gasteiger partial charge in [-0.25, -0.2) is 14.8 Å². The molecule has 5 aromatic rings.